The van der Waals surface area contributed by atoms with Crippen LogP contribution in [0.5, 0.6) is 0 Å². The quantitative estimate of drug-likeness (QED) is 0.533. The second-order valence-corrected chi connectivity index (χ2v) is 4.29. The van der Waals surface area contributed by atoms with E-state index >= 15 is 0 Å². The molecule has 0 bridgehead atoms. The van der Waals surface area contributed by atoms with Crippen molar-refractivity contribution in [2.45, 2.75) is 26.2 Å². The van der Waals surface area contributed by atoms with Crippen molar-refractivity contribution >= 4 is 11.4 Å². The SMILES string of the molecule is CC1=[N+](C)c2ccccc2C1(C)C.[H+]. The number of benzene rings is 1. The number of fused-ring (bicyclic) bond motifs is 1. The molecule has 0 saturated carbocycles. The highest BCUT2D eigenvalue weighted by Crippen LogP contribution is 2.38. The van der Waals surface area contributed by atoms with Crippen molar-refractivity contribution in [3.63, 3.8) is 0 Å². The van der Waals surface area contributed by atoms with Crippen LogP contribution < -0.4 is 0 Å². The third-order valence-corrected chi connectivity index (χ3v) is 3.35. The summed E-state index contributed by atoms with van der Waals surface area (Å²) in [6.45, 7) is 6.77. The molecule has 0 spiro atoms. The molecule has 0 aliphatic carbocycles. The van der Waals surface area contributed by atoms with E-state index in [-0.39, 0.29) is 6.84 Å². The lowest BCUT2D eigenvalue weighted by molar-refractivity contribution is -0.403. The highest BCUT2D eigenvalue weighted by molar-refractivity contribution is 5.93. The fourth-order valence-corrected chi connectivity index (χ4v) is 2.09. The van der Waals surface area contributed by atoms with Gasteiger partial charge in [0.05, 0.1) is 5.41 Å². The van der Waals surface area contributed by atoms with Crippen LogP contribution >= 0.6 is 0 Å². The molecule has 0 fully saturated rings. The molecule has 1 aromatic carbocycles. The van der Waals surface area contributed by atoms with Crippen molar-refractivity contribution in [1.82, 2.24) is 0 Å². The van der Waals surface area contributed by atoms with Gasteiger partial charge in [-0.1, -0.05) is 18.2 Å². The molecule has 0 saturated heterocycles. The Balaban J connectivity index is 0.000000980. The standard InChI is InChI=1S/C12H16N/c1-9-12(2,3)10-7-5-6-8-11(10)13(9)4/h5-8H,1-4H3/q+1/p+1. The highest BCUT2D eigenvalue weighted by Gasteiger charge is 2.40. The fourth-order valence-electron chi connectivity index (χ4n) is 2.09. The van der Waals surface area contributed by atoms with Crippen LogP contribution in [0.1, 0.15) is 27.8 Å². The van der Waals surface area contributed by atoms with Crippen LogP contribution in [0.25, 0.3) is 0 Å². The van der Waals surface area contributed by atoms with Gasteiger partial charge in [-0.05, 0) is 13.8 Å². The normalized spacial score (nSPS) is 19.1. The summed E-state index contributed by atoms with van der Waals surface area (Å²) in [5.74, 6) is 0. The smallest absolute Gasteiger partial charge is 0.202 e. The third kappa shape index (κ3) is 0.963. The summed E-state index contributed by atoms with van der Waals surface area (Å²) in [5, 5.41) is 0. The van der Waals surface area contributed by atoms with E-state index < -0.39 is 0 Å². The van der Waals surface area contributed by atoms with Crippen molar-refractivity contribution in [1.29, 1.82) is 0 Å². The summed E-state index contributed by atoms with van der Waals surface area (Å²) in [7, 11) is 2.14. The summed E-state index contributed by atoms with van der Waals surface area (Å²) >= 11 is 0. The van der Waals surface area contributed by atoms with Gasteiger partial charge in [-0.3, -0.25) is 0 Å². The Morgan fingerprint density at radius 3 is 2.46 bits per heavy atom. The molecule has 0 aromatic heterocycles. The highest BCUT2D eigenvalue weighted by atomic mass is 15.0. The molecule has 1 aromatic rings. The van der Waals surface area contributed by atoms with E-state index in [1.54, 1.807) is 0 Å². The molecule has 1 nitrogen and oxygen atoms in total. The van der Waals surface area contributed by atoms with Crippen molar-refractivity contribution in [3.8, 4) is 0 Å². The van der Waals surface area contributed by atoms with E-state index in [4.69, 9.17) is 0 Å². The zero-order valence-electron chi connectivity index (χ0n) is 9.76. The molecule has 0 N–H and O–H groups in total. The van der Waals surface area contributed by atoms with Crippen LogP contribution in [0.3, 0.4) is 0 Å². The first-order chi connectivity index (χ1) is 6.05. The first-order valence-corrected chi connectivity index (χ1v) is 4.72. The van der Waals surface area contributed by atoms with Gasteiger partial charge < -0.3 is 0 Å². The minimum Gasteiger partial charge on any atom is -0.202 e. The lowest BCUT2D eigenvalue weighted by atomic mass is 9.82. The van der Waals surface area contributed by atoms with E-state index in [0.717, 1.165) is 0 Å². The van der Waals surface area contributed by atoms with Gasteiger partial charge in [0.25, 0.3) is 0 Å². The second-order valence-electron chi connectivity index (χ2n) is 4.29. The summed E-state index contributed by atoms with van der Waals surface area (Å²) in [6.07, 6.45) is 0. The number of hydrogen-bond acceptors (Lipinski definition) is 0. The van der Waals surface area contributed by atoms with Gasteiger partial charge in [-0.15, -0.1) is 0 Å². The number of nitrogens with zero attached hydrogens (tertiary/aromatic N) is 1. The molecule has 0 amide bonds. The Morgan fingerprint density at radius 1 is 1.23 bits per heavy atom. The molecule has 1 aliphatic heterocycles. The molecule has 1 aliphatic rings. The topological polar surface area (TPSA) is 3.01 Å². The minimum absolute atomic E-state index is 0. The molecule has 13 heavy (non-hydrogen) atoms. The summed E-state index contributed by atoms with van der Waals surface area (Å²) in [6, 6.07) is 8.63. The average molecular weight is 175 g/mol. The van der Waals surface area contributed by atoms with E-state index in [0.29, 0.717) is 0 Å². The molecular formula is C12H17N+2. The van der Waals surface area contributed by atoms with E-state index in [1.807, 2.05) is 0 Å². The van der Waals surface area contributed by atoms with Crippen LogP contribution in [0.15, 0.2) is 24.3 Å². The predicted molar refractivity (Wildman–Crippen MR) is 57.1 cm³/mol. The summed E-state index contributed by atoms with van der Waals surface area (Å²) in [5.41, 5.74) is 4.42. The molecule has 0 radical (unpaired) electrons. The van der Waals surface area contributed by atoms with Crippen LogP contribution in [0.2, 0.25) is 0 Å². The van der Waals surface area contributed by atoms with Crippen LogP contribution in [0, 0.1) is 0 Å². The Bertz CT molecular complexity index is 391. The van der Waals surface area contributed by atoms with Gasteiger partial charge in [0.1, 0.15) is 7.05 Å². The monoisotopic (exact) mass is 175 g/mol. The zero-order chi connectivity index (χ0) is 9.64. The number of rotatable bonds is 0. The first-order valence-electron chi connectivity index (χ1n) is 4.72. The zero-order valence-corrected chi connectivity index (χ0v) is 8.76. The van der Waals surface area contributed by atoms with Crippen molar-refractivity contribution in [3.05, 3.63) is 29.8 Å². The molecule has 1 heteroatoms. The van der Waals surface area contributed by atoms with Crippen LogP contribution in [0.4, 0.5) is 5.69 Å². The van der Waals surface area contributed by atoms with Crippen molar-refractivity contribution in [2.75, 3.05) is 7.05 Å². The van der Waals surface area contributed by atoms with Crippen LogP contribution in [-0.4, -0.2) is 17.3 Å². The van der Waals surface area contributed by atoms with Gasteiger partial charge in [0.2, 0.25) is 5.69 Å². The lowest BCUT2D eigenvalue weighted by Gasteiger charge is -2.14. The van der Waals surface area contributed by atoms with Crippen molar-refractivity contribution < 1.29 is 6.00 Å². The fraction of sp³-hybridized carbons (Fsp3) is 0.417. The maximum atomic E-state index is 2.29. The third-order valence-electron chi connectivity index (χ3n) is 3.35. The molecule has 0 unspecified atom stereocenters. The van der Waals surface area contributed by atoms with Gasteiger partial charge >= 0.3 is 1.43 Å². The first kappa shape index (κ1) is 8.49. The number of hydrogen-bond donors (Lipinski definition) is 0. The molecule has 0 atom stereocenters. The Hall–Kier alpha value is -1.11. The Kier molecular flexibility index (Phi) is 1.59. The van der Waals surface area contributed by atoms with Gasteiger partial charge in [0.15, 0.2) is 5.71 Å². The minimum atomic E-state index is 0. The Morgan fingerprint density at radius 2 is 1.85 bits per heavy atom. The van der Waals surface area contributed by atoms with E-state index in [1.165, 1.54) is 17.0 Å². The van der Waals surface area contributed by atoms with E-state index in [2.05, 4.69) is 56.7 Å². The van der Waals surface area contributed by atoms with Gasteiger partial charge in [-0.25, -0.2) is 4.58 Å². The maximum Gasteiger partial charge on any atom is 1.00 e. The van der Waals surface area contributed by atoms with Gasteiger partial charge in [0, 0.05) is 18.6 Å². The summed E-state index contributed by atoms with van der Waals surface area (Å²) < 4.78 is 2.29. The molecular weight excluding hydrogens is 158 g/mol. The molecule has 2 rings (SSSR count). The molecule has 68 valence electrons. The summed E-state index contributed by atoms with van der Waals surface area (Å²) in [4.78, 5) is 0. The van der Waals surface area contributed by atoms with Gasteiger partial charge in [-0.2, -0.15) is 0 Å². The van der Waals surface area contributed by atoms with Crippen LogP contribution in [-0.2, 0) is 5.41 Å². The molecule has 1 heterocycles. The second kappa shape index (κ2) is 2.44. The number of para-hydroxylation sites is 1. The predicted octanol–water partition coefficient (Wildman–Crippen LogP) is 2.83. The lowest BCUT2D eigenvalue weighted by Crippen LogP contribution is -2.25. The maximum absolute atomic E-state index is 2.29. The van der Waals surface area contributed by atoms with E-state index in [9.17, 15) is 0 Å². The Labute approximate surface area is 81.2 Å². The largest absolute Gasteiger partial charge is 1.00 e. The van der Waals surface area contributed by atoms with Crippen molar-refractivity contribution in [2.24, 2.45) is 0 Å². The average Bonchev–Trinajstić information content (AvgIpc) is 2.30.